The molecule has 0 radical (unpaired) electrons. The van der Waals surface area contributed by atoms with Crippen molar-refractivity contribution >= 4 is 34.1 Å². The van der Waals surface area contributed by atoms with E-state index in [4.69, 9.17) is 4.42 Å². The van der Waals surface area contributed by atoms with Crippen molar-refractivity contribution in [2.75, 3.05) is 11.1 Å². The Morgan fingerprint density at radius 3 is 2.75 bits per heavy atom. The minimum atomic E-state index is -0.142. The Bertz CT molecular complexity index is 810. The molecule has 3 aromatic rings. The molecule has 0 saturated carbocycles. The molecule has 1 aromatic carbocycles. The average Bonchev–Trinajstić information content (AvgIpc) is 3.13. The Kier molecular flexibility index (Phi) is 5.27. The summed E-state index contributed by atoms with van der Waals surface area (Å²) in [4.78, 5) is 17.3. The first kappa shape index (κ1) is 16.7. The number of hydrogen-bond donors (Lipinski definition) is 1. The van der Waals surface area contributed by atoms with Crippen molar-refractivity contribution in [3.63, 3.8) is 0 Å². The monoisotopic (exact) mass is 360 g/mol. The maximum absolute atomic E-state index is 11.9. The summed E-state index contributed by atoms with van der Waals surface area (Å²) < 4.78 is 5.56. The second-order valence-electron chi connectivity index (χ2n) is 5.12. The molecular formula is C16H16N4O2S2. The van der Waals surface area contributed by atoms with Crippen molar-refractivity contribution in [3.8, 4) is 0 Å². The number of anilines is 1. The van der Waals surface area contributed by atoms with E-state index < -0.39 is 0 Å². The highest BCUT2D eigenvalue weighted by Crippen LogP contribution is 2.22. The largest absolute Gasteiger partial charge is 0.416 e. The number of thioether (sulfide) groups is 1. The molecule has 0 fully saturated rings. The van der Waals surface area contributed by atoms with Crippen LogP contribution in [0.3, 0.4) is 0 Å². The van der Waals surface area contributed by atoms with Gasteiger partial charge in [-0.05, 0) is 19.4 Å². The summed E-state index contributed by atoms with van der Waals surface area (Å²) in [5.41, 5.74) is 2.04. The minimum absolute atomic E-state index is 0.142. The third-order valence-corrected chi connectivity index (χ3v) is 5.05. The predicted molar refractivity (Wildman–Crippen MR) is 94.5 cm³/mol. The van der Waals surface area contributed by atoms with Gasteiger partial charge in [0.25, 0.3) is 5.22 Å². The summed E-state index contributed by atoms with van der Waals surface area (Å²) in [6.45, 7) is 3.90. The lowest BCUT2D eigenvalue weighted by molar-refractivity contribution is -0.113. The van der Waals surface area contributed by atoms with Crippen molar-refractivity contribution in [1.82, 2.24) is 15.2 Å². The number of aromatic nitrogens is 3. The van der Waals surface area contributed by atoms with E-state index in [0.717, 1.165) is 16.1 Å². The number of amides is 1. The quantitative estimate of drug-likeness (QED) is 0.678. The smallest absolute Gasteiger partial charge is 0.277 e. The van der Waals surface area contributed by atoms with Gasteiger partial charge in [-0.2, -0.15) is 0 Å². The van der Waals surface area contributed by atoms with E-state index in [1.165, 1.54) is 23.1 Å². The van der Waals surface area contributed by atoms with Crippen LogP contribution >= 0.6 is 23.1 Å². The van der Waals surface area contributed by atoms with Crippen LogP contribution in [0.15, 0.2) is 40.0 Å². The van der Waals surface area contributed by atoms with Crippen molar-refractivity contribution in [2.24, 2.45) is 0 Å². The first-order chi connectivity index (χ1) is 11.6. The van der Waals surface area contributed by atoms with Crippen LogP contribution in [0.25, 0.3) is 0 Å². The second kappa shape index (κ2) is 7.59. The van der Waals surface area contributed by atoms with E-state index in [1.807, 2.05) is 44.2 Å². The van der Waals surface area contributed by atoms with Gasteiger partial charge >= 0.3 is 0 Å². The van der Waals surface area contributed by atoms with Crippen molar-refractivity contribution < 1.29 is 9.21 Å². The highest BCUT2D eigenvalue weighted by atomic mass is 32.2. The van der Waals surface area contributed by atoms with Crippen molar-refractivity contribution in [1.29, 1.82) is 0 Å². The lowest BCUT2D eigenvalue weighted by Crippen LogP contribution is -2.13. The zero-order valence-corrected chi connectivity index (χ0v) is 14.9. The normalized spacial score (nSPS) is 10.8. The Morgan fingerprint density at radius 2 is 2.04 bits per heavy atom. The number of rotatable bonds is 6. The fraction of sp³-hybridized carbons (Fsp3) is 0.250. The Morgan fingerprint density at radius 1 is 1.25 bits per heavy atom. The molecule has 1 N–H and O–H groups in total. The van der Waals surface area contributed by atoms with Gasteiger partial charge in [0.15, 0.2) is 5.13 Å². The van der Waals surface area contributed by atoms with Gasteiger partial charge in [0.1, 0.15) is 0 Å². The lowest BCUT2D eigenvalue weighted by Gasteiger charge is -1.99. The highest BCUT2D eigenvalue weighted by molar-refractivity contribution is 7.99. The molecule has 2 heterocycles. The molecule has 1 amide bonds. The first-order valence-corrected chi connectivity index (χ1v) is 9.13. The molecule has 3 rings (SSSR count). The van der Waals surface area contributed by atoms with Gasteiger partial charge in [0.05, 0.1) is 17.9 Å². The number of nitrogens with one attached hydrogen (secondary N) is 1. The van der Waals surface area contributed by atoms with Gasteiger partial charge in [0, 0.05) is 4.88 Å². The summed E-state index contributed by atoms with van der Waals surface area (Å²) in [5.74, 6) is 0.594. The summed E-state index contributed by atoms with van der Waals surface area (Å²) in [6.07, 6.45) is 0.582. The SMILES string of the molecule is Cc1nc(NC(=O)CSc2nnc(Cc3ccccc3)o2)sc1C. The maximum Gasteiger partial charge on any atom is 0.277 e. The number of hydrogen-bond acceptors (Lipinski definition) is 7. The molecule has 6 nitrogen and oxygen atoms in total. The zero-order valence-electron chi connectivity index (χ0n) is 13.3. The number of aryl methyl sites for hydroxylation is 2. The van der Waals surface area contributed by atoms with E-state index >= 15 is 0 Å². The van der Waals surface area contributed by atoms with Crippen LogP contribution in [0.4, 0.5) is 5.13 Å². The van der Waals surface area contributed by atoms with E-state index in [0.29, 0.717) is 22.7 Å². The summed E-state index contributed by atoms with van der Waals surface area (Å²) in [5, 5.41) is 11.8. The van der Waals surface area contributed by atoms with Crippen LogP contribution < -0.4 is 5.32 Å². The van der Waals surface area contributed by atoms with Crippen molar-refractivity contribution in [3.05, 3.63) is 52.4 Å². The van der Waals surface area contributed by atoms with E-state index in [2.05, 4.69) is 20.5 Å². The molecule has 0 atom stereocenters. The standard InChI is InChI=1S/C16H16N4O2S2/c1-10-11(2)24-15(17-10)18-13(21)9-23-16-20-19-14(22-16)8-12-6-4-3-5-7-12/h3-7H,8-9H2,1-2H3,(H,17,18,21). The van der Waals surface area contributed by atoms with Gasteiger partial charge in [-0.3, -0.25) is 4.79 Å². The fourth-order valence-electron chi connectivity index (χ4n) is 1.95. The molecule has 124 valence electrons. The van der Waals surface area contributed by atoms with Gasteiger partial charge in [0.2, 0.25) is 11.8 Å². The van der Waals surface area contributed by atoms with Gasteiger partial charge in [-0.15, -0.1) is 21.5 Å². The van der Waals surface area contributed by atoms with Crippen LogP contribution in [-0.4, -0.2) is 26.8 Å². The van der Waals surface area contributed by atoms with Crippen LogP contribution in [0.5, 0.6) is 0 Å². The van der Waals surface area contributed by atoms with Crippen LogP contribution in [-0.2, 0) is 11.2 Å². The first-order valence-electron chi connectivity index (χ1n) is 7.33. The third-order valence-electron chi connectivity index (χ3n) is 3.25. The van der Waals surface area contributed by atoms with Crippen LogP contribution in [0.1, 0.15) is 22.0 Å². The zero-order chi connectivity index (χ0) is 16.9. The molecule has 0 bridgehead atoms. The molecule has 0 aliphatic rings. The van der Waals surface area contributed by atoms with Crippen LogP contribution in [0, 0.1) is 13.8 Å². The molecule has 0 saturated heterocycles. The van der Waals surface area contributed by atoms with Gasteiger partial charge < -0.3 is 9.73 Å². The van der Waals surface area contributed by atoms with Gasteiger partial charge in [-0.1, -0.05) is 42.1 Å². The molecule has 0 spiro atoms. The fourth-order valence-corrected chi connectivity index (χ4v) is 3.36. The summed E-state index contributed by atoms with van der Waals surface area (Å²) in [7, 11) is 0. The summed E-state index contributed by atoms with van der Waals surface area (Å²) in [6, 6.07) is 9.90. The topological polar surface area (TPSA) is 80.9 Å². The molecule has 0 aliphatic heterocycles. The maximum atomic E-state index is 11.9. The lowest BCUT2D eigenvalue weighted by atomic mass is 10.2. The number of carbonyl (C=O) groups excluding carboxylic acids is 1. The number of thiazole rings is 1. The Hall–Kier alpha value is -2.19. The molecule has 8 heteroatoms. The van der Waals surface area contributed by atoms with Crippen LogP contribution in [0.2, 0.25) is 0 Å². The molecular weight excluding hydrogens is 344 g/mol. The van der Waals surface area contributed by atoms with Crippen molar-refractivity contribution in [2.45, 2.75) is 25.5 Å². The molecule has 0 aliphatic carbocycles. The highest BCUT2D eigenvalue weighted by Gasteiger charge is 2.12. The Labute approximate surface area is 147 Å². The molecule has 2 aromatic heterocycles. The molecule has 24 heavy (non-hydrogen) atoms. The van der Waals surface area contributed by atoms with Gasteiger partial charge in [-0.25, -0.2) is 4.98 Å². The van der Waals surface area contributed by atoms with E-state index in [9.17, 15) is 4.79 Å². The number of benzene rings is 1. The number of nitrogens with zero attached hydrogens (tertiary/aromatic N) is 3. The van der Waals surface area contributed by atoms with E-state index in [-0.39, 0.29) is 11.7 Å². The third kappa shape index (κ3) is 4.42. The van der Waals surface area contributed by atoms with E-state index in [1.54, 1.807) is 0 Å². The number of carbonyl (C=O) groups is 1. The predicted octanol–water partition coefficient (Wildman–Crippen LogP) is 3.46. The average molecular weight is 360 g/mol. The minimum Gasteiger partial charge on any atom is -0.416 e. The Balaban J connectivity index is 1.50. The summed E-state index contributed by atoms with van der Waals surface area (Å²) >= 11 is 2.68. The molecule has 0 unspecified atom stereocenters. The second-order valence-corrected chi connectivity index (χ2v) is 7.25.